The van der Waals surface area contributed by atoms with Gasteiger partial charge in [0.25, 0.3) is 0 Å². The molecule has 0 unspecified atom stereocenters. The highest BCUT2D eigenvalue weighted by molar-refractivity contribution is 7.19. The molecule has 0 aliphatic carbocycles. The zero-order valence-electron chi connectivity index (χ0n) is 23.2. The van der Waals surface area contributed by atoms with Gasteiger partial charge in [0.2, 0.25) is 0 Å². The van der Waals surface area contributed by atoms with Crippen molar-refractivity contribution in [2.24, 2.45) is 0 Å². The van der Waals surface area contributed by atoms with Gasteiger partial charge >= 0.3 is 0 Å². The Bertz CT molecular complexity index is 1580. The number of morpholine rings is 1. The molecule has 6 rings (SSSR count). The smallest absolute Gasteiger partial charge is 0.187 e. The average Bonchev–Trinajstić information content (AvgIpc) is 3.64. The number of rotatable bonds is 9. The van der Waals surface area contributed by atoms with Gasteiger partial charge in [-0.05, 0) is 26.0 Å². The molecule has 2 aliphatic rings. The fourth-order valence-corrected chi connectivity index (χ4v) is 6.53. The molecule has 41 heavy (non-hydrogen) atoms. The second-order valence-electron chi connectivity index (χ2n) is 10.4. The number of ether oxygens (including phenoxy) is 2. The van der Waals surface area contributed by atoms with Gasteiger partial charge in [0, 0.05) is 61.6 Å². The van der Waals surface area contributed by atoms with Gasteiger partial charge in [-0.1, -0.05) is 12.1 Å². The van der Waals surface area contributed by atoms with Gasteiger partial charge in [-0.2, -0.15) is 5.10 Å². The summed E-state index contributed by atoms with van der Waals surface area (Å²) in [6.45, 7) is 10.1. The van der Waals surface area contributed by atoms with Crippen molar-refractivity contribution >= 4 is 50.8 Å². The Hall–Kier alpha value is -3.87. The highest BCUT2D eigenvalue weighted by Crippen LogP contribution is 2.36. The van der Waals surface area contributed by atoms with Crippen LogP contribution in [-0.4, -0.2) is 101 Å². The highest BCUT2D eigenvalue weighted by atomic mass is 32.1. The van der Waals surface area contributed by atoms with Gasteiger partial charge < -0.3 is 19.3 Å². The third kappa shape index (κ3) is 5.67. The molecule has 0 amide bonds. The van der Waals surface area contributed by atoms with E-state index >= 15 is 0 Å². The SMILES string of the molecule is CC(C)O/C(C=O)=C(/C=O)N1CCN(Cc2cc3nc(-c4cccc5[nH]ncc45)nc(N4CCOCC4)c3s2)CC1. The summed E-state index contributed by atoms with van der Waals surface area (Å²) in [6.07, 6.45) is 2.99. The summed E-state index contributed by atoms with van der Waals surface area (Å²) in [5.41, 5.74) is 3.16. The van der Waals surface area contributed by atoms with E-state index in [1.165, 1.54) is 4.88 Å². The number of H-pyrrole nitrogens is 1. The number of benzene rings is 1. The first-order valence-electron chi connectivity index (χ1n) is 13.9. The number of nitrogens with zero attached hydrogens (tertiary/aromatic N) is 6. The van der Waals surface area contributed by atoms with E-state index in [1.807, 2.05) is 43.1 Å². The lowest BCUT2D eigenvalue weighted by molar-refractivity contribution is -0.111. The Labute approximate surface area is 241 Å². The molecule has 5 heterocycles. The lowest BCUT2D eigenvalue weighted by Gasteiger charge is -2.36. The van der Waals surface area contributed by atoms with Crippen molar-refractivity contribution in [3.8, 4) is 11.4 Å². The van der Waals surface area contributed by atoms with Gasteiger partial charge in [-0.3, -0.25) is 19.6 Å². The van der Waals surface area contributed by atoms with E-state index in [-0.39, 0.29) is 11.9 Å². The zero-order chi connectivity index (χ0) is 28.3. The molecule has 1 aromatic carbocycles. The van der Waals surface area contributed by atoms with Gasteiger partial charge in [0.1, 0.15) is 5.70 Å². The Morgan fingerprint density at radius 1 is 1.10 bits per heavy atom. The van der Waals surface area contributed by atoms with Gasteiger partial charge in [0.15, 0.2) is 30.0 Å². The maximum absolute atomic E-state index is 11.8. The van der Waals surface area contributed by atoms with Crippen LogP contribution in [0.2, 0.25) is 0 Å². The minimum atomic E-state index is -0.182. The second-order valence-corrected chi connectivity index (χ2v) is 11.6. The predicted molar refractivity (Wildman–Crippen MR) is 158 cm³/mol. The van der Waals surface area contributed by atoms with Gasteiger partial charge in [-0.25, -0.2) is 9.97 Å². The van der Waals surface area contributed by atoms with Crippen LogP contribution < -0.4 is 4.90 Å². The van der Waals surface area contributed by atoms with Crippen molar-refractivity contribution in [2.75, 3.05) is 57.4 Å². The maximum atomic E-state index is 11.8. The molecule has 0 atom stereocenters. The van der Waals surface area contributed by atoms with Crippen LogP contribution in [0.3, 0.4) is 0 Å². The standard InChI is InChI=1S/C29H33N7O4S/c1-19(2)40-26(18-38)25(17-37)35-8-6-34(7-9-35)16-20-14-24-27(41-20)29(36-10-12-39-13-11-36)32-28(31-24)21-4-3-5-23-22(21)15-30-33-23/h3-5,14-15,17-19H,6-13,16H2,1-2H3,(H,30,33)/b26-25-. The first-order valence-corrected chi connectivity index (χ1v) is 14.7. The Morgan fingerprint density at radius 3 is 2.63 bits per heavy atom. The summed E-state index contributed by atoms with van der Waals surface area (Å²) >= 11 is 1.73. The monoisotopic (exact) mass is 575 g/mol. The molecule has 214 valence electrons. The van der Waals surface area contributed by atoms with Crippen LogP contribution in [-0.2, 0) is 25.6 Å². The summed E-state index contributed by atoms with van der Waals surface area (Å²) in [5.74, 6) is 1.73. The number of nitrogens with one attached hydrogen (secondary N) is 1. The topological polar surface area (TPSA) is 117 Å². The lowest BCUT2D eigenvalue weighted by atomic mass is 10.1. The molecule has 1 N–H and O–H groups in total. The fourth-order valence-electron chi connectivity index (χ4n) is 5.37. The number of aldehydes is 2. The largest absolute Gasteiger partial charge is 0.485 e. The molecule has 2 fully saturated rings. The first-order chi connectivity index (χ1) is 20.0. The van der Waals surface area contributed by atoms with Crippen molar-refractivity contribution in [2.45, 2.75) is 26.5 Å². The molecule has 0 radical (unpaired) electrons. The minimum Gasteiger partial charge on any atom is -0.485 e. The number of anilines is 1. The van der Waals surface area contributed by atoms with E-state index < -0.39 is 0 Å². The molecule has 11 nitrogen and oxygen atoms in total. The number of thiophene rings is 1. The van der Waals surface area contributed by atoms with Crippen LogP contribution >= 0.6 is 11.3 Å². The molecular formula is C29H33N7O4S. The van der Waals surface area contributed by atoms with E-state index in [1.54, 1.807) is 11.3 Å². The Balaban J connectivity index is 1.26. The van der Waals surface area contributed by atoms with E-state index in [2.05, 4.69) is 26.1 Å². The summed E-state index contributed by atoms with van der Waals surface area (Å²) in [6, 6.07) is 8.21. The second kappa shape index (κ2) is 11.9. The quantitative estimate of drug-likeness (QED) is 0.181. The maximum Gasteiger partial charge on any atom is 0.187 e. The van der Waals surface area contributed by atoms with Crippen molar-refractivity contribution in [1.29, 1.82) is 0 Å². The number of hydrogen-bond acceptors (Lipinski definition) is 11. The summed E-state index contributed by atoms with van der Waals surface area (Å²) in [4.78, 5) is 41.3. The molecule has 2 saturated heterocycles. The molecule has 4 aromatic rings. The van der Waals surface area contributed by atoms with Crippen molar-refractivity contribution in [3.05, 3.63) is 46.8 Å². The number of carbonyl (C=O) groups excluding carboxylic acids is 2. The molecule has 12 heteroatoms. The molecule has 0 spiro atoms. The van der Waals surface area contributed by atoms with E-state index in [9.17, 15) is 9.59 Å². The summed E-state index contributed by atoms with van der Waals surface area (Å²) in [7, 11) is 0. The molecule has 3 aromatic heterocycles. The summed E-state index contributed by atoms with van der Waals surface area (Å²) in [5, 5.41) is 8.25. The van der Waals surface area contributed by atoms with Crippen LogP contribution in [0.5, 0.6) is 0 Å². The number of fused-ring (bicyclic) bond motifs is 2. The zero-order valence-corrected chi connectivity index (χ0v) is 24.0. The van der Waals surface area contributed by atoms with E-state index in [4.69, 9.17) is 19.4 Å². The van der Waals surface area contributed by atoms with Gasteiger partial charge in [0.05, 0.1) is 41.2 Å². The number of hydrogen-bond donors (Lipinski definition) is 1. The van der Waals surface area contributed by atoms with Crippen molar-refractivity contribution in [3.63, 3.8) is 0 Å². The van der Waals surface area contributed by atoms with E-state index in [0.29, 0.717) is 44.1 Å². The predicted octanol–water partition coefficient (Wildman–Crippen LogP) is 3.22. The number of carbonyl (C=O) groups is 2. The number of aromatic amines is 1. The minimum absolute atomic E-state index is 0.101. The average molecular weight is 576 g/mol. The highest BCUT2D eigenvalue weighted by Gasteiger charge is 2.25. The molecule has 0 bridgehead atoms. The van der Waals surface area contributed by atoms with Crippen LogP contribution in [0.15, 0.2) is 41.9 Å². The van der Waals surface area contributed by atoms with Crippen LogP contribution in [0, 0.1) is 0 Å². The number of piperazine rings is 1. The van der Waals surface area contributed by atoms with Crippen molar-refractivity contribution in [1.82, 2.24) is 30.0 Å². The lowest BCUT2D eigenvalue weighted by Crippen LogP contribution is -2.46. The summed E-state index contributed by atoms with van der Waals surface area (Å²) < 4.78 is 12.3. The first kappa shape index (κ1) is 27.3. The third-order valence-electron chi connectivity index (χ3n) is 7.37. The third-order valence-corrected chi connectivity index (χ3v) is 8.47. The van der Waals surface area contributed by atoms with Crippen LogP contribution in [0.1, 0.15) is 18.7 Å². The van der Waals surface area contributed by atoms with Crippen LogP contribution in [0.25, 0.3) is 32.5 Å². The molecule has 2 aliphatic heterocycles. The normalized spacial score (nSPS) is 17.3. The Kier molecular flexibility index (Phi) is 7.95. The molecule has 0 saturated carbocycles. The van der Waals surface area contributed by atoms with Crippen LogP contribution in [0.4, 0.5) is 5.82 Å². The number of allylic oxidation sites excluding steroid dienone is 2. The fraction of sp³-hybridized carbons (Fsp3) is 0.414. The van der Waals surface area contributed by atoms with Gasteiger partial charge in [-0.15, -0.1) is 11.3 Å². The molecular weight excluding hydrogens is 542 g/mol. The number of aromatic nitrogens is 4. The Morgan fingerprint density at radius 2 is 1.90 bits per heavy atom. The van der Waals surface area contributed by atoms with E-state index in [0.717, 1.165) is 71.5 Å². The van der Waals surface area contributed by atoms with Crippen molar-refractivity contribution < 1.29 is 19.1 Å².